The molecule has 6 heteroatoms. The first kappa shape index (κ1) is 12.4. The van der Waals surface area contributed by atoms with Crippen molar-refractivity contribution in [3.8, 4) is 10.8 Å². The molecule has 0 bridgehead atoms. The van der Waals surface area contributed by atoms with Crippen LogP contribution in [0.4, 0.5) is 0 Å². The minimum absolute atomic E-state index is 0.0708. The maximum Gasteiger partial charge on any atom is 0.263 e. The summed E-state index contributed by atoms with van der Waals surface area (Å²) in [4.78, 5) is 16.7. The van der Waals surface area contributed by atoms with Crippen LogP contribution < -0.4 is 11.1 Å². The van der Waals surface area contributed by atoms with Gasteiger partial charge in [0.1, 0.15) is 4.88 Å². The summed E-state index contributed by atoms with van der Waals surface area (Å²) in [6, 6.07) is 3.69. The maximum absolute atomic E-state index is 11.9. The van der Waals surface area contributed by atoms with Gasteiger partial charge in [0.25, 0.3) is 5.91 Å². The Labute approximate surface area is 114 Å². The van der Waals surface area contributed by atoms with Crippen LogP contribution >= 0.6 is 11.3 Å². The topological polar surface area (TPSA) is 81.1 Å². The molecule has 0 aliphatic heterocycles. The van der Waals surface area contributed by atoms with E-state index in [2.05, 4.69) is 10.3 Å². The van der Waals surface area contributed by atoms with Crippen LogP contribution in [-0.2, 0) is 0 Å². The number of aromatic nitrogens is 1. The quantitative estimate of drug-likeness (QED) is 0.874. The summed E-state index contributed by atoms with van der Waals surface area (Å²) in [7, 11) is 0. The van der Waals surface area contributed by atoms with Gasteiger partial charge in [0.2, 0.25) is 0 Å². The van der Waals surface area contributed by atoms with Gasteiger partial charge in [-0.25, -0.2) is 4.98 Å². The molecular weight excluding hydrogens is 262 g/mol. The molecular formula is C13H15N3O2S. The summed E-state index contributed by atoms with van der Waals surface area (Å²) in [6.45, 7) is 0.525. The minimum atomic E-state index is -0.119. The van der Waals surface area contributed by atoms with Crippen LogP contribution in [0.3, 0.4) is 0 Å². The fraction of sp³-hybridized carbons (Fsp3) is 0.385. The summed E-state index contributed by atoms with van der Waals surface area (Å²) in [5, 5.41) is 3.56. The normalized spacial score (nSPS) is 16.3. The molecule has 19 heavy (non-hydrogen) atoms. The lowest BCUT2D eigenvalue weighted by molar-refractivity contribution is 0.0954. The van der Waals surface area contributed by atoms with Crippen LogP contribution in [0.5, 0.6) is 0 Å². The first-order valence-corrected chi connectivity index (χ1v) is 7.09. The van der Waals surface area contributed by atoms with Crippen LogP contribution in [0.25, 0.3) is 10.8 Å². The van der Waals surface area contributed by atoms with E-state index in [1.807, 2.05) is 6.07 Å². The Bertz CT molecular complexity index is 560. The summed E-state index contributed by atoms with van der Waals surface area (Å²) < 4.78 is 5.25. The van der Waals surface area contributed by atoms with E-state index in [4.69, 9.17) is 10.2 Å². The van der Waals surface area contributed by atoms with Gasteiger partial charge in [-0.3, -0.25) is 4.79 Å². The highest BCUT2D eigenvalue weighted by Gasteiger charge is 2.28. The van der Waals surface area contributed by atoms with Crippen molar-refractivity contribution in [3.63, 3.8) is 0 Å². The van der Waals surface area contributed by atoms with Crippen molar-refractivity contribution < 1.29 is 9.21 Å². The summed E-state index contributed by atoms with van der Waals surface area (Å²) in [5.41, 5.74) is 5.95. The van der Waals surface area contributed by atoms with Gasteiger partial charge in [0.05, 0.1) is 12.5 Å². The average Bonchev–Trinajstić information content (AvgIpc) is 2.94. The maximum atomic E-state index is 11.9. The molecule has 1 aliphatic carbocycles. The number of nitrogens with zero attached hydrogens (tertiary/aromatic N) is 1. The zero-order chi connectivity index (χ0) is 13.2. The predicted molar refractivity (Wildman–Crippen MR) is 72.8 cm³/mol. The van der Waals surface area contributed by atoms with Gasteiger partial charge in [-0.15, -0.1) is 11.3 Å². The van der Waals surface area contributed by atoms with Gasteiger partial charge in [-0.05, 0) is 30.9 Å². The number of rotatable bonds is 5. The zero-order valence-corrected chi connectivity index (χ0v) is 11.2. The number of nitrogens with two attached hydrogens (primary N) is 1. The molecule has 1 unspecified atom stereocenters. The van der Waals surface area contributed by atoms with Crippen LogP contribution in [-0.4, -0.2) is 23.5 Å². The molecule has 1 atom stereocenters. The Morgan fingerprint density at radius 2 is 2.47 bits per heavy atom. The van der Waals surface area contributed by atoms with E-state index in [1.54, 1.807) is 18.5 Å². The summed E-state index contributed by atoms with van der Waals surface area (Å²) >= 11 is 1.32. The third kappa shape index (κ3) is 2.85. The van der Waals surface area contributed by atoms with E-state index < -0.39 is 0 Å². The van der Waals surface area contributed by atoms with Crippen LogP contribution in [0.1, 0.15) is 22.5 Å². The highest BCUT2D eigenvalue weighted by atomic mass is 32.1. The number of nitrogens with one attached hydrogen (secondary N) is 1. The van der Waals surface area contributed by atoms with E-state index in [1.165, 1.54) is 24.2 Å². The third-order valence-electron chi connectivity index (χ3n) is 3.19. The number of thiazole rings is 1. The van der Waals surface area contributed by atoms with Gasteiger partial charge in [-0.1, -0.05) is 0 Å². The second-order valence-corrected chi connectivity index (χ2v) is 5.75. The lowest BCUT2D eigenvalue weighted by atomic mass is 10.2. The molecule has 0 radical (unpaired) electrons. The zero-order valence-electron chi connectivity index (χ0n) is 10.3. The second-order valence-electron chi connectivity index (χ2n) is 4.72. The third-order valence-corrected chi connectivity index (χ3v) is 4.20. The number of carbonyl (C=O) groups excluding carboxylic acids is 1. The highest BCUT2D eigenvalue weighted by molar-refractivity contribution is 7.16. The average molecular weight is 277 g/mol. The molecule has 1 fully saturated rings. The predicted octanol–water partition coefficient (Wildman–Crippen LogP) is 1.87. The van der Waals surface area contributed by atoms with E-state index in [0.717, 1.165) is 0 Å². The summed E-state index contributed by atoms with van der Waals surface area (Å²) in [5.74, 6) is 1.14. The van der Waals surface area contributed by atoms with Crippen LogP contribution in [0.15, 0.2) is 29.0 Å². The molecule has 5 nitrogen and oxygen atoms in total. The smallest absolute Gasteiger partial charge is 0.263 e. The van der Waals surface area contributed by atoms with E-state index >= 15 is 0 Å². The van der Waals surface area contributed by atoms with E-state index in [0.29, 0.717) is 28.1 Å². The molecule has 0 spiro atoms. The molecule has 3 rings (SSSR count). The first-order chi connectivity index (χ1) is 9.24. The largest absolute Gasteiger partial charge is 0.462 e. The van der Waals surface area contributed by atoms with Gasteiger partial charge < -0.3 is 15.5 Å². The number of carbonyl (C=O) groups is 1. The Kier molecular flexibility index (Phi) is 3.35. The van der Waals surface area contributed by atoms with Crippen molar-refractivity contribution in [2.75, 3.05) is 6.54 Å². The lowest BCUT2D eigenvalue weighted by Gasteiger charge is -2.10. The number of furan rings is 1. The molecule has 2 aromatic heterocycles. The SMILES string of the molecule is NC(CNC(=O)c1cnc(-c2ccco2)s1)C1CC1. The lowest BCUT2D eigenvalue weighted by Crippen LogP contribution is -2.38. The highest BCUT2D eigenvalue weighted by Crippen LogP contribution is 2.31. The van der Waals surface area contributed by atoms with Crippen molar-refractivity contribution >= 4 is 17.2 Å². The molecule has 0 saturated heterocycles. The van der Waals surface area contributed by atoms with Gasteiger partial charge in [-0.2, -0.15) is 0 Å². The Hall–Kier alpha value is -1.66. The van der Waals surface area contributed by atoms with Crippen molar-refractivity contribution in [3.05, 3.63) is 29.5 Å². The molecule has 1 aliphatic rings. The Balaban J connectivity index is 1.60. The molecule has 1 saturated carbocycles. The standard InChI is InChI=1S/C13H15N3O2S/c14-9(8-3-4-8)6-15-12(17)11-7-16-13(19-11)10-2-1-5-18-10/h1-2,5,7-9H,3-4,6,14H2,(H,15,17). The molecule has 0 aromatic carbocycles. The molecule has 2 heterocycles. The van der Waals surface area contributed by atoms with Crippen molar-refractivity contribution in [2.24, 2.45) is 11.7 Å². The second kappa shape index (κ2) is 5.14. The van der Waals surface area contributed by atoms with Crippen molar-refractivity contribution in [1.82, 2.24) is 10.3 Å². The Morgan fingerprint density at radius 1 is 1.63 bits per heavy atom. The van der Waals surface area contributed by atoms with E-state index in [-0.39, 0.29) is 11.9 Å². The number of hydrogen-bond donors (Lipinski definition) is 2. The molecule has 2 aromatic rings. The molecule has 1 amide bonds. The fourth-order valence-electron chi connectivity index (χ4n) is 1.88. The molecule has 100 valence electrons. The fourth-order valence-corrected chi connectivity index (χ4v) is 2.68. The van der Waals surface area contributed by atoms with Gasteiger partial charge >= 0.3 is 0 Å². The number of hydrogen-bond acceptors (Lipinski definition) is 5. The Morgan fingerprint density at radius 3 is 3.16 bits per heavy atom. The first-order valence-electron chi connectivity index (χ1n) is 6.27. The van der Waals surface area contributed by atoms with Crippen LogP contribution in [0.2, 0.25) is 0 Å². The van der Waals surface area contributed by atoms with Crippen molar-refractivity contribution in [1.29, 1.82) is 0 Å². The van der Waals surface area contributed by atoms with Gasteiger partial charge in [0, 0.05) is 12.6 Å². The van der Waals surface area contributed by atoms with Crippen LogP contribution in [0, 0.1) is 5.92 Å². The molecule has 3 N–H and O–H groups in total. The minimum Gasteiger partial charge on any atom is -0.462 e. The van der Waals surface area contributed by atoms with E-state index in [9.17, 15) is 4.79 Å². The van der Waals surface area contributed by atoms with Gasteiger partial charge in [0.15, 0.2) is 10.8 Å². The number of amides is 1. The van der Waals surface area contributed by atoms with Crippen molar-refractivity contribution in [2.45, 2.75) is 18.9 Å². The summed E-state index contributed by atoms with van der Waals surface area (Å²) in [6.07, 6.45) is 5.52. The monoisotopic (exact) mass is 277 g/mol.